The third-order valence-corrected chi connectivity index (χ3v) is 4.78. The highest BCUT2D eigenvalue weighted by Crippen LogP contribution is 2.23. The van der Waals surface area contributed by atoms with Crippen LogP contribution < -0.4 is 15.7 Å². The molecule has 9 heteroatoms. The second-order valence-electron chi connectivity index (χ2n) is 5.49. The average molecular weight is 374 g/mol. The largest absolute Gasteiger partial charge is 0.508 e. The molecule has 0 saturated carbocycles. The fourth-order valence-corrected chi connectivity index (χ4v) is 3.43. The van der Waals surface area contributed by atoms with Gasteiger partial charge in [-0.1, -0.05) is 6.07 Å². The van der Waals surface area contributed by atoms with Gasteiger partial charge in [-0.2, -0.15) is 0 Å². The minimum absolute atomic E-state index is 0.0709. The predicted octanol–water partition coefficient (Wildman–Crippen LogP) is 2.26. The number of amides is 1. The van der Waals surface area contributed by atoms with Crippen LogP contribution in [0.5, 0.6) is 5.75 Å². The number of phenols is 1. The van der Waals surface area contributed by atoms with Crippen LogP contribution >= 0.6 is 0 Å². The Morgan fingerprint density at radius 3 is 2.54 bits per heavy atom. The van der Waals surface area contributed by atoms with E-state index < -0.39 is 20.5 Å². The van der Waals surface area contributed by atoms with Crippen molar-refractivity contribution in [2.45, 2.75) is 11.8 Å². The van der Waals surface area contributed by atoms with Gasteiger partial charge in [-0.3, -0.25) is 9.52 Å². The second-order valence-corrected chi connectivity index (χ2v) is 7.14. The number of hydrogen-bond donors (Lipinski definition) is 3. The van der Waals surface area contributed by atoms with Gasteiger partial charge in [0.15, 0.2) is 4.90 Å². The van der Waals surface area contributed by atoms with Gasteiger partial charge in [0.1, 0.15) is 11.3 Å². The van der Waals surface area contributed by atoms with Crippen LogP contribution in [-0.4, -0.2) is 19.4 Å². The molecule has 3 rings (SSSR count). The molecule has 1 amide bonds. The number of sulfonamides is 1. The van der Waals surface area contributed by atoms with E-state index in [9.17, 15) is 23.1 Å². The zero-order chi connectivity index (χ0) is 18.9. The molecular formula is C17H14N2O6S. The summed E-state index contributed by atoms with van der Waals surface area (Å²) in [5.74, 6) is -0.410. The van der Waals surface area contributed by atoms with Crippen molar-refractivity contribution in [1.29, 1.82) is 0 Å². The minimum atomic E-state index is -4.22. The molecule has 1 heterocycles. The lowest BCUT2D eigenvalue weighted by atomic mass is 10.2. The molecule has 26 heavy (non-hydrogen) atoms. The van der Waals surface area contributed by atoms with Gasteiger partial charge in [-0.05, 0) is 36.4 Å². The molecule has 0 atom stereocenters. The van der Waals surface area contributed by atoms with Crippen molar-refractivity contribution in [2.24, 2.45) is 0 Å². The number of fused-ring (bicyclic) bond motifs is 1. The number of carbonyl (C=O) groups is 1. The highest BCUT2D eigenvalue weighted by molar-refractivity contribution is 7.92. The average Bonchev–Trinajstić information content (AvgIpc) is 2.53. The fraction of sp³-hybridized carbons (Fsp3) is 0.0588. The molecule has 0 aliphatic rings. The summed E-state index contributed by atoms with van der Waals surface area (Å²) in [4.78, 5) is 22.6. The Hall–Kier alpha value is -3.33. The quantitative estimate of drug-likeness (QED) is 0.602. The van der Waals surface area contributed by atoms with Crippen LogP contribution in [0.1, 0.15) is 6.92 Å². The van der Waals surface area contributed by atoms with Crippen LogP contribution in [0.15, 0.2) is 62.6 Å². The Kier molecular flexibility index (Phi) is 4.39. The van der Waals surface area contributed by atoms with Crippen LogP contribution in [0.3, 0.4) is 0 Å². The molecule has 134 valence electrons. The first-order chi connectivity index (χ1) is 12.2. The molecule has 0 bridgehead atoms. The number of phenolic OH excluding ortho intramolecular Hbond substituents is 1. The topological polar surface area (TPSA) is 126 Å². The summed E-state index contributed by atoms with van der Waals surface area (Å²) >= 11 is 0. The number of hydrogen-bond acceptors (Lipinski definition) is 6. The standard InChI is InChI=1S/C17H14N2O6S/c1-10(20)18-12-3-2-4-13(8-12)19-26(23,24)16-7-11-5-6-14(21)9-15(11)25-17(16)22/h2-9,19,21H,1H3,(H,18,20). The molecule has 0 aliphatic carbocycles. The third-order valence-electron chi connectivity index (χ3n) is 3.41. The molecule has 0 saturated heterocycles. The summed E-state index contributed by atoms with van der Waals surface area (Å²) in [5.41, 5.74) is -0.421. The summed E-state index contributed by atoms with van der Waals surface area (Å²) in [6.45, 7) is 1.33. The maximum absolute atomic E-state index is 12.6. The Labute approximate surface area is 148 Å². The van der Waals surface area contributed by atoms with Gasteiger partial charge in [0.05, 0.1) is 5.69 Å². The summed E-state index contributed by atoms with van der Waals surface area (Å²) in [7, 11) is -4.22. The van der Waals surface area contributed by atoms with Gasteiger partial charge < -0.3 is 14.8 Å². The Bertz CT molecular complexity index is 1170. The molecule has 0 radical (unpaired) electrons. The molecule has 0 spiro atoms. The molecular weight excluding hydrogens is 360 g/mol. The molecule has 0 unspecified atom stereocenters. The van der Waals surface area contributed by atoms with E-state index in [1.165, 1.54) is 43.3 Å². The monoisotopic (exact) mass is 374 g/mol. The zero-order valence-corrected chi connectivity index (χ0v) is 14.3. The SMILES string of the molecule is CC(=O)Nc1cccc(NS(=O)(=O)c2cc3ccc(O)cc3oc2=O)c1. The predicted molar refractivity (Wildman–Crippen MR) is 95.7 cm³/mol. The normalized spacial score (nSPS) is 11.3. The molecule has 0 fully saturated rings. The number of aromatic hydroxyl groups is 1. The van der Waals surface area contributed by atoms with Crippen LogP contribution in [0.25, 0.3) is 11.0 Å². The van der Waals surface area contributed by atoms with Crippen molar-refractivity contribution >= 4 is 38.3 Å². The lowest BCUT2D eigenvalue weighted by Crippen LogP contribution is -2.20. The van der Waals surface area contributed by atoms with Crippen molar-refractivity contribution in [1.82, 2.24) is 0 Å². The number of anilines is 2. The molecule has 3 N–H and O–H groups in total. The lowest BCUT2D eigenvalue weighted by Gasteiger charge is -2.09. The number of nitrogens with one attached hydrogen (secondary N) is 2. The van der Waals surface area contributed by atoms with Crippen molar-refractivity contribution in [3.05, 3.63) is 59.0 Å². The van der Waals surface area contributed by atoms with Gasteiger partial charge in [0, 0.05) is 24.1 Å². The second kappa shape index (κ2) is 6.52. The van der Waals surface area contributed by atoms with E-state index >= 15 is 0 Å². The highest BCUT2D eigenvalue weighted by Gasteiger charge is 2.21. The van der Waals surface area contributed by atoms with Crippen molar-refractivity contribution < 1.29 is 22.7 Å². The maximum Gasteiger partial charge on any atom is 0.357 e. The van der Waals surface area contributed by atoms with Gasteiger partial charge in [-0.25, -0.2) is 13.2 Å². The molecule has 1 aromatic heterocycles. The Morgan fingerprint density at radius 2 is 1.81 bits per heavy atom. The number of rotatable bonds is 4. The van der Waals surface area contributed by atoms with E-state index in [-0.39, 0.29) is 22.9 Å². The molecule has 8 nitrogen and oxygen atoms in total. The van der Waals surface area contributed by atoms with Gasteiger partial charge >= 0.3 is 5.63 Å². The number of benzene rings is 2. The first kappa shape index (κ1) is 17.5. The van der Waals surface area contributed by atoms with E-state index in [2.05, 4.69) is 10.0 Å². The smallest absolute Gasteiger partial charge is 0.357 e. The van der Waals surface area contributed by atoms with Crippen LogP contribution in [-0.2, 0) is 14.8 Å². The van der Waals surface area contributed by atoms with Gasteiger partial charge in [-0.15, -0.1) is 0 Å². The van der Waals surface area contributed by atoms with Crippen molar-refractivity contribution in [2.75, 3.05) is 10.0 Å². The van der Waals surface area contributed by atoms with Crippen LogP contribution in [0.4, 0.5) is 11.4 Å². The first-order valence-corrected chi connectivity index (χ1v) is 8.90. The van der Waals surface area contributed by atoms with E-state index in [4.69, 9.17) is 4.42 Å². The van der Waals surface area contributed by atoms with E-state index in [1.807, 2.05) is 0 Å². The molecule has 0 aliphatic heterocycles. The van der Waals surface area contributed by atoms with Crippen LogP contribution in [0.2, 0.25) is 0 Å². The highest BCUT2D eigenvalue weighted by atomic mass is 32.2. The van der Waals surface area contributed by atoms with Crippen molar-refractivity contribution in [3.63, 3.8) is 0 Å². The fourth-order valence-electron chi connectivity index (χ4n) is 2.34. The molecule has 2 aromatic carbocycles. The first-order valence-electron chi connectivity index (χ1n) is 7.42. The van der Waals surface area contributed by atoms with Gasteiger partial charge in [0.25, 0.3) is 10.0 Å². The van der Waals surface area contributed by atoms with Crippen LogP contribution in [0, 0.1) is 0 Å². The minimum Gasteiger partial charge on any atom is -0.508 e. The Morgan fingerprint density at radius 1 is 1.08 bits per heavy atom. The summed E-state index contributed by atoms with van der Waals surface area (Å²) in [5, 5.41) is 12.3. The van der Waals surface area contributed by atoms with Gasteiger partial charge in [0.2, 0.25) is 5.91 Å². The summed E-state index contributed by atoms with van der Waals surface area (Å²) in [6, 6.07) is 11.2. The lowest BCUT2D eigenvalue weighted by molar-refractivity contribution is -0.114. The zero-order valence-electron chi connectivity index (χ0n) is 13.5. The Balaban J connectivity index is 1.99. The summed E-state index contributed by atoms with van der Waals surface area (Å²) < 4.78 is 32.4. The maximum atomic E-state index is 12.6. The van der Waals surface area contributed by atoms with E-state index in [0.717, 1.165) is 0 Å². The summed E-state index contributed by atoms with van der Waals surface area (Å²) in [6.07, 6.45) is 0. The van der Waals surface area contributed by atoms with E-state index in [0.29, 0.717) is 11.1 Å². The third kappa shape index (κ3) is 3.67. The van der Waals surface area contributed by atoms with Crippen molar-refractivity contribution in [3.8, 4) is 5.75 Å². The van der Waals surface area contributed by atoms with E-state index in [1.54, 1.807) is 12.1 Å². The number of carbonyl (C=O) groups excluding carboxylic acids is 1. The molecule has 3 aromatic rings.